The number of hydrogen-bond donors (Lipinski definition) is 0. The second-order valence-electron chi connectivity index (χ2n) is 6.24. The number of hydrogen-bond acceptors (Lipinski definition) is 2. The Bertz CT molecular complexity index is 1200. The first-order valence-corrected chi connectivity index (χ1v) is 8.80. The molecule has 1 aliphatic rings. The summed E-state index contributed by atoms with van der Waals surface area (Å²) in [5.41, 5.74) is 3.77. The molecule has 0 bridgehead atoms. The summed E-state index contributed by atoms with van der Waals surface area (Å²) in [7, 11) is 0. The Labute approximate surface area is 163 Å². The Morgan fingerprint density at radius 2 is 1.25 bits per heavy atom. The summed E-state index contributed by atoms with van der Waals surface area (Å²) in [6.07, 6.45) is 0. The van der Waals surface area contributed by atoms with Crippen molar-refractivity contribution in [3.8, 4) is 23.7 Å². The molecule has 3 heteroatoms. The van der Waals surface area contributed by atoms with E-state index in [1.54, 1.807) is 37.3 Å². The molecule has 0 unspecified atom stereocenters. The van der Waals surface area contributed by atoms with Gasteiger partial charge < -0.3 is 0 Å². The number of fused-ring (bicyclic) bond motifs is 1. The van der Waals surface area contributed by atoms with Gasteiger partial charge in [-0.1, -0.05) is 36.0 Å². The Morgan fingerprint density at radius 1 is 0.643 bits per heavy atom. The molecule has 4 rings (SSSR count). The van der Waals surface area contributed by atoms with Crippen molar-refractivity contribution in [2.45, 2.75) is 6.92 Å². The van der Waals surface area contributed by atoms with E-state index in [0.29, 0.717) is 16.8 Å². The van der Waals surface area contributed by atoms with Crippen LogP contribution in [0.4, 0.5) is 5.69 Å². The minimum Gasteiger partial charge on any atom is -0.268 e. The third kappa shape index (κ3) is 3.18. The lowest BCUT2D eigenvalue weighted by Gasteiger charge is -2.13. The van der Waals surface area contributed by atoms with Crippen LogP contribution in [0.2, 0.25) is 0 Å². The molecule has 3 aromatic rings. The standard InChI is InChI=1S/C25H15NO2/c1-2-6-20-13-16-22-23(17-20)25(28)26(24(22)27)21-14-11-19(12-15-21)10-9-18-7-4-3-5-8-18/h3-5,7-8,11-17H,1H3. The monoisotopic (exact) mass is 361 g/mol. The molecule has 1 heterocycles. The van der Waals surface area contributed by atoms with E-state index in [4.69, 9.17) is 0 Å². The lowest BCUT2D eigenvalue weighted by Crippen LogP contribution is -2.29. The summed E-state index contributed by atoms with van der Waals surface area (Å²) in [6, 6.07) is 21.9. The van der Waals surface area contributed by atoms with E-state index in [-0.39, 0.29) is 11.8 Å². The largest absolute Gasteiger partial charge is 0.268 e. The van der Waals surface area contributed by atoms with Gasteiger partial charge in [-0.3, -0.25) is 9.59 Å². The van der Waals surface area contributed by atoms with Crippen LogP contribution in [-0.4, -0.2) is 11.8 Å². The van der Waals surface area contributed by atoms with Gasteiger partial charge in [-0.25, -0.2) is 4.90 Å². The normalized spacial score (nSPS) is 12.0. The first kappa shape index (κ1) is 17.3. The van der Waals surface area contributed by atoms with Crippen molar-refractivity contribution in [3.05, 3.63) is 101 Å². The van der Waals surface area contributed by atoms with Crippen molar-refractivity contribution in [2.24, 2.45) is 0 Å². The summed E-state index contributed by atoms with van der Waals surface area (Å²) >= 11 is 0. The average molecular weight is 361 g/mol. The smallest absolute Gasteiger partial charge is 0.266 e. The molecule has 3 nitrogen and oxygen atoms in total. The average Bonchev–Trinajstić information content (AvgIpc) is 2.98. The van der Waals surface area contributed by atoms with Crippen LogP contribution in [-0.2, 0) is 0 Å². The van der Waals surface area contributed by atoms with Crippen LogP contribution < -0.4 is 4.90 Å². The molecule has 0 saturated heterocycles. The number of nitrogens with zero attached hydrogens (tertiary/aromatic N) is 1. The molecule has 0 aromatic heterocycles. The molecular formula is C25H15NO2. The summed E-state index contributed by atoms with van der Waals surface area (Å²) in [4.78, 5) is 26.7. The zero-order chi connectivity index (χ0) is 19.5. The topological polar surface area (TPSA) is 37.4 Å². The van der Waals surface area contributed by atoms with E-state index < -0.39 is 0 Å². The van der Waals surface area contributed by atoms with Gasteiger partial charge in [0.25, 0.3) is 11.8 Å². The van der Waals surface area contributed by atoms with Crippen molar-refractivity contribution in [1.29, 1.82) is 0 Å². The van der Waals surface area contributed by atoms with Gasteiger partial charge in [0.1, 0.15) is 0 Å². The second-order valence-corrected chi connectivity index (χ2v) is 6.24. The van der Waals surface area contributed by atoms with Gasteiger partial charge in [0, 0.05) is 16.7 Å². The van der Waals surface area contributed by atoms with Crippen LogP contribution in [0.3, 0.4) is 0 Å². The minimum absolute atomic E-state index is 0.320. The van der Waals surface area contributed by atoms with Crippen LogP contribution in [0.15, 0.2) is 72.8 Å². The molecule has 132 valence electrons. The van der Waals surface area contributed by atoms with Crippen molar-refractivity contribution in [1.82, 2.24) is 0 Å². The molecule has 0 aliphatic carbocycles. The van der Waals surface area contributed by atoms with Crippen molar-refractivity contribution in [2.75, 3.05) is 4.90 Å². The highest BCUT2D eigenvalue weighted by Gasteiger charge is 2.36. The highest BCUT2D eigenvalue weighted by Crippen LogP contribution is 2.29. The Kier molecular flexibility index (Phi) is 4.50. The van der Waals surface area contributed by atoms with Crippen LogP contribution in [0.25, 0.3) is 0 Å². The highest BCUT2D eigenvalue weighted by molar-refractivity contribution is 6.34. The first-order valence-electron chi connectivity index (χ1n) is 8.80. The van der Waals surface area contributed by atoms with E-state index in [0.717, 1.165) is 16.7 Å². The molecule has 0 atom stereocenters. The van der Waals surface area contributed by atoms with Crippen LogP contribution in [0.5, 0.6) is 0 Å². The van der Waals surface area contributed by atoms with Gasteiger partial charge in [0.05, 0.1) is 16.8 Å². The Balaban J connectivity index is 1.61. The summed E-state index contributed by atoms with van der Waals surface area (Å²) in [5.74, 6) is 11.2. The van der Waals surface area contributed by atoms with Gasteiger partial charge in [-0.2, -0.15) is 0 Å². The SMILES string of the molecule is CC#Cc1ccc2c(c1)C(=O)N(c1ccc(C#Cc3ccccc3)cc1)C2=O. The van der Waals surface area contributed by atoms with E-state index >= 15 is 0 Å². The van der Waals surface area contributed by atoms with Crippen molar-refractivity contribution < 1.29 is 9.59 Å². The fourth-order valence-corrected chi connectivity index (χ4v) is 3.06. The Morgan fingerprint density at radius 3 is 1.93 bits per heavy atom. The molecule has 28 heavy (non-hydrogen) atoms. The number of benzene rings is 3. The molecule has 0 saturated carbocycles. The maximum atomic E-state index is 12.8. The van der Waals surface area contributed by atoms with Gasteiger partial charge in [-0.05, 0) is 61.5 Å². The molecule has 0 spiro atoms. The molecule has 0 fully saturated rings. The zero-order valence-electron chi connectivity index (χ0n) is 15.2. The van der Waals surface area contributed by atoms with E-state index in [1.807, 2.05) is 42.5 Å². The fourth-order valence-electron chi connectivity index (χ4n) is 3.06. The maximum Gasteiger partial charge on any atom is 0.266 e. The van der Waals surface area contributed by atoms with Gasteiger partial charge in [-0.15, -0.1) is 5.92 Å². The predicted molar refractivity (Wildman–Crippen MR) is 109 cm³/mol. The van der Waals surface area contributed by atoms with E-state index in [9.17, 15) is 9.59 Å². The predicted octanol–water partition coefficient (Wildman–Crippen LogP) is 4.26. The lowest BCUT2D eigenvalue weighted by atomic mass is 10.1. The molecule has 0 radical (unpaired) electrons. The zero-order valence-corrected chi connectivity index (χ0v) is 15.2. The number of anilines is 1. The number of carbonyl (C=O) groups excluding carboxylic acids is 2. The summed E-state index contributed by atoms with van der Waals surface area (Å²) in [6.45, 7) is 1.73. The van der Waals surface area contributed by atoms with Gasteiger partial charge >= 0.3 is 0 Å². The third-order valence-electron chi connectivity index (χ3n) is 4.41. The van der Waals surface area contributed by atoms with Crippen LogP contribution in [0.1, 0.15) is 44.3 Å². The second kappa shape index (κ2) is 7.27. The number of amides is 2. The Hall–Kier alpha value is -4.08. The maximum absolute atomic E-state index is 12.8. The van der Waals surface area contributed by atoms with Crippen LogP contribution in [0, 0.1) is 23.7 Å². The molecular weight excluding hydrogens is 346 g/mol. The number of rotatable bonds is 1. The van der Waals surface area contributed by atoms with Crippen molar-refractivity contribution >= 4 is 17.5 Å². The fraction of sp³-hybridized carbons (Fsp3) is 0.0400. The van der Waals surface area contributed by atoms with Crippen molar-refractivity contribution in [3.63, 3.8) is 0 Å². The molecule has 2 amide bonds. The molecule has 1 aliphatic heterocycles. The lowest BCUT2D eigenvalue weighted by molar-refractivity contribution is 0.0926. The highest BCUT2D eigenvalue weighted by atomic mass is 16.2. The number of imide groups is 1. The quantitative estimate of drug-likeness (QED) is 0.480. The van der Waals surface area contributed by atoms with E-state index in [2.05, 4.69) is 23.7 Å². The first-order chi connectivity index (χ1) is 13.7. The van der Waals surface area contributed by atoms with Gasteiger partial charge in [0.2, 0.25) is 0 Å². The van der Waals surface area contributed by atoms with Gasteiger partial charge in [0.15, 0.2) is 0 Å². The third-order valence-corrected chi connectivity index (χ3v) is 4.41. The summed E-state index contributed by atoms with van der Waals surface area (Å²) < 4.78 is 0. The summed E-state index contributed by atoms with van der Waals surface area (Å²) in [5, 5.41) is 0. The van der Waals surface area contributed by atoms with E-state index in [1.165, 1.54) is 4.90 Å². The van der Waals surface area contributed by atoms with Crippen LogP contribution >= 0.6 is 0 Å². The minimum atomic E-state index is -0.331. The molecule has 3 aromatic carbocycles. The number of carbonyl (C=O) groups is 2. The molecule has 0 N–H and O–H groups in total.